The molecule has 0 aliphatic heterocycles. The minimum Gasteiger partial charge on any atom is -0.490 e. The highest BCUT2D eigenvalue weighted by Crippen LogP contribution is 2.33. The van der Waals surface area contributed by atoms with Gasteiger partial charge in [0, 0.05) is 23.5 Å². The number of carbonyl (C=O) groups is 1. The van der Waals surface area contributed by atoms with Crippen LogP contribution < -0.4 is 9.47 Å². The van der Waals surface area contributed by atoms with E-state index >= 15 is 0 Å². The predicted molar refractivity (Wildman–Crippen MR) is 104 cm³/mol. The molecule has 1 amide bonds. The molecule has 0 aliphatic carbocycles. The summed E-state index contributed by atoms with van der Waals surface area (Å²) < 4.78 is 16.6. The van der Waals surface area contributed by atoms with Gasteiger partial charge in [-0.2, -0.15) is 4.98 Å². The first-order valence-electron chi connectivity index (χ1n) is 8.89. The predicted octanol–water partition coefficient (Wildman–Crippen LogP) is 3.83. The van der Waals surface area contributed by atoms with Crippen molar-refractivity contribution < 1.29 is 18.8 Å². The third-order valence-electron chi connectivity index (χ3n) is 3.70. The standard InChI is InChI=1S/C20H20N4O4/c1-4-21-19(25)15-11-13(9-10-22-15)18-23-20(28-24-18)14-7-8-16(26-5-2)17(12-14)27-6-3/h4,7-12H,5-6H2,1-3H3/b21-4+. The first-order valence-corrected chi connectivity index (χ1v) is 8.89. The zero-order valence-electron chi connectivity index (χ0n) is 15.9. The second-order valence-electron chi connectivity index (χ2n) is 5.57. The van der Waals surface area contributed by atoms with E-state index in [4.69, 9.17) is 14.0 Å². The summed E-state index contributed by atoms with van der Waals surface area (Å²) in [6.45, 7) is 6.52. The fourth-order valence-electron chi connectivity index (χ4n) is 2.51. The number of nitrogens with zero attached hydrogens (tertiary/aromatic N) is 4. The molecule has 8 heteroatoms. The number of carbonyl (C=O) groups excluding carboxylic acids is 1. The van der Waals surface area contributed by atoms with Gasteiger partial charge in [0.25, 0.3) is 11.8 Å². The van der Waals surface area contributed by atoms with E-state index in [0.717, 1.165) is 0 Å². The third kappa shape index (κ3) is 4.22. The Balaban J connectivity index is 1.91. The number of ether oxygens (including phenoxy) is 2. The van der Waals surface area contributed by atoms with E-state index < -0.39 is 5.91 Å². The minimum atomic E-state index is -0.430. The van der Waals surface area contributed by atoms with Gasteiger partial charge in [0.05, 0.1) is 13.2 Å². The molecule has 0 fully saturated rings. The number of hydrogen-bond donors (Lipinski definition) is 0. The van der Waals surface area contributed by atoms with Crippen molar-refractivity contribution in [1.82, 2.24) is 15.1 Å². The molecule has 0 N–H and O–H groups in total. The van der Waals surface area contributed by atoms with Crippen molar-refractivity contribution in [3.63, 3.8) is 0 Å². The van der Waals surface area contributed by atoms with Gasteiger partial charge in [-0.3, -0.25) is 9.78 Å². The number of rotatable bonds is 7. The summed E-state index contributed by atoms with van der Waals surface area (Å²) in [4.78, 5) is 24.1. The van der Waals surface area contributed by atoms with Crippen molar-refractivity contribution in [2.45, 2.75) is 20.8 Å². The maximum Gasteiger partial charge on any atom is 0.295 e. The first kappa shape index (κ1) is 19.2. The molecule has 1 aromatic carbocycles. The smallest absolute Gasteiger partial charge is 0.295 e. The number of aromatic nitrogens is 3. The van der Waals surface area contributed by atoms with Crippen LogP contribution in [0.3, 0.4) is 0 Å². The Kier molecular flexibility index (Phi) is 6.11. The molecular weight excluding hydrogens is 360 g/mol. The molecule has 144 valence electrons. The normalized spacial score (nSPS) is 11.0. The summed E-state index contributed by atoms with van der Waals surface area (Å²) in [6.07, 6.45) is 2.93. The van der Waals surface area contributed by atoms with Crippen molar-refractivity contribution in [3.8, 4) is 34.3 Å². The van der Waals surface area contributed by atoms with Crippen LogP contribution in [0.5, 0.6) is 11.5 Å². The number of pyridine rings is 1. The average molecular weight is 380 g/mol. The van der Waals surface area contributed by atoms with Crippen LogP contribution in [0, 0.1) is 0 Å². The van der Waals surface area contributed by atoms with Crippen LogP contribution in [-0.4, -0.2) is 40.5 Å². The van der Waals surface area contributed by atoms with Gasteiger partial charge in [0.2, 0.25) is 5.82 Å². The molecule has 28 heavy (non-hydrogen) atoms. The van der Waals surface area contributed by atoms with Crippen LogP contribution in [0.4, 0.5) is 0 Å². The fourth-order valence-corrected chi connectivity index (χ4v) is 2.51. The van der Waals surface area contributed by atoms with E-state index in [1.54, 1.807) is 31.2 Å². The molecule has 0 saturated heterocycles. The summed E-state index contributed by atoms with van der Waals surface area (Å²) in [5, 5.41) is 4.01. The molecule has 0 unspecified atom stereocenters. The molecule has 0 atom stereocenters. The van der Waals surface area contributed by atoms with E-state index in [-0.39, 0.29) is 5.69 Å². The Labute approximate surface area is 162 Å². The lowest BCUT2D eigenvalue weighted by molar-refractivity contribution is 0.0998. The average Bonchev–Trinajstić information content (AvgIpc) is 3.20. The van der Waals surface area contributed by atoms with Gasteiger partial charge < -0.3 is 14.0 Å². The number of benzene rings is 1. The van der Waals surface area contributed by atoms with Crippen molar-refractivity contribution in [2.24, 2.45) is 4.99 Å². The fraction of sp³-hybridized carbons (Fsp3) is 0.250. The van der Waals surface area contributed by atoms with E-state index in [2.05, 4.69) is 20.1 Å². The number of hydrogen-bond acceptors (Lipinski definition) is 7. The molecule has 3 aromatic rings. The van der Waals surface area contributed by atoms with Crippen LogP contribution in [0.2, 0.25) is 0 Å². The summed E-state index contributed by atoms with van der Waals surface area (Å²) in [5.74, 6) is 1.51. The van der Waals surface area contributed by atoms with Crippen LogP contribution in [0.1, 0.15) is 31.3 Å². The van der Waals surface area contributed by atoms with Crippen molar-refractivity contribution in [2.75, 3.05) is 13.2 Å². The van der Waals surface area contributed by atoms with Gasteiger partial charge in [-0.1, -0.05) is 5.16 Å². The lowest BCUT2D eigenvalue weighted by Crippen LogP contribution is -1.99. The van der Waals surface area contributed by atoms with Gasteiger partial charge in [0.15, 0.2) is 11.5 Å². The Morgan fingerprint density at radius 3 is 2.64 bits per heavy atom. The first-order chi connectivity index (χ1) is 13.7. The summed E-state index contributed by atoms with van der Waals surface area (Å²) >= 11 is 0. The summed E-state index contributed by atoms with van der Waals surface area (Å²) in [6, 6.07) is 8.70. The van der Waals surface area contributed by atoms with Crippen LogP contribution in [-0.2, 0) is 0 Å². The van der Waals surface area contributed by atoms with E-state index in [1.165, 1.54) is 12.4 Å². The monoisotopic (exact) mass is 380 g/mol. The SMILES string of the molecule is C/C=N/C(=O)c1cc(-c2noc(-c3ccc(OCC)c(OCC)c3)n2)ccn1. The maximum atomic E-state index is 11.9. The van der Waals surface area contributed by atoms with E-state index in [9.17, 15) is 4.79 Å². The zero-order valence-corrected chi connectivity index (χ0v) is 15.9. The Morgan fingerprint density at radius 1 is 1.11 bits per heavy atom. The van der Waals surface area contributed by atoms with Gasteiger partial charge in [-0.05, 0) is 51.1 Å². The third-order valence-corrected chi connectivity index (χ3v) is 3.70. The molecular formula is C20H20N4O4. The van der Waals surface area contributed by atoms with Gasteiger partial charge in [0.1, 0.15) is 5.69 Å². The van der Waals surface area contributed by atoms with Gasteiger partial charge in [-0.15, -0.1) is 0 Å². The second-order valence-corrected chi connectivity index (χ2v) is 5.57. The van der Waals surface area contributed by atoms with E-state index in [0.29, 0.717) is 47.6 Å². The van der Waals surface area contributed by atoms with Crippen molar-refractivity contribution in [3.05, 3.63) is 42.2 Å². The van der Waals surface area contributed by atoms with E-state index in [1.807, 2.05) is 19.9 Å². The molecule has 3 rings (SSSR count). The van der Waals surface area contributed by atoms with Crippen molar-refractivity contribution in [1.29, 1.82) is 0 Å². The Hall–Kier alpha value is -3.55. The molecule has 2 aromatic heterocycles. The second kappa shape index (κ2) is 8.90. The van der Waals surface area contributed by atoms with Crippen LogP contribution in [0.15, 0.2) is 46.0 Å². The molecule has 0 spiro atoms. The highest BCUT2D eigenvalue weighted by atomic mass is 16.5. The highest BCUT2D eigenvalue weighted by molar-refractivity contribution is 5.97. The summed E-state index contributed by atoms with van der Waals surface area (Å²) in [5.41, 5.74) is 1.52. The molecule has 8 nitrogen and oxygen atoms in total. The maximum absolute atomic E-state index is 11.9. The topological polar surface area (TPSA) is 99.7 Å². The quantitative estimate of drug-likeness (QED) is 0.574. The largest absolute Gasteiger partial charge is 0.490 e. The van der Waals surface area contributed by atoms with Gasteiger partial charge in [-0.25, -0.2) is 4.99 Å². The lowest BCUT2D eigenvalue weighted by Gasteiger charge is -2.11. The zero-order chi connectivity index (χ0) is 19.9. The molecule has 0 aliphatic rings. The molecule has 2 heterocycles. The molecule has 0 radical (unpaired) electrons. The molecule has 0 bridgehead atoms. The van der Waals surface area contributed by atoms with Gasteiger partial charge >= 0.3 is 0 Å². The number of aliphatic imine (C=N–C) groups is 1. The Bertz CT molecular complexity index is 997. The number of amides is 1. The van der Waals surface area contributed by atoms with Crippen LogP contribution in [0.25, 0.3) is 22.8 Å². The lowest BCUT2D eigenvalue weighted by atomic mass is 10.2. The molecule has 0 saturated carbocycles. The van der Waals surface area contributed by atoms with Crippen LogP contribution >= 0.6 is 0 Å². The van der Waals surface area contributed by atoms with Crippen molar-refractivity contribution >= 4 is 12.1 Å². The highest BCUT2D eigenvalue weighted by Gasteiger charge is 2.15. The Morgan fingerprint density at radius 2 is 1.89 bits per heavy atom. The summed E-state index contributed by atoms with van der Waals surface area (Å²) in [7, 11) is 0. The minimum absolute atomic E-state index is 0.210.